The van der Waals surface area contributed by atoms with Crippen molar-refractivity contribution in [1.82, 2.24) is 10.2 Å². The van der Waals surface area contributed by atoms with E-state index in [-0.39, 0.29) is 18.2 Å². The number of ether oxygens (including phenoxy) is 2. The molecule has 0 spiro atoms. The van der Waals surface area contributed by atoms with Gasteiger partial charge in [0.15, 0.2) is 0 Å². The fourth-order valence-electron chi connectivity index (χ4n) is 2.67. The summed E-state index contributed by atoms with van der Waals surface area (Å²) in [6.07, 6.45) is 0.812. The first-order valence-corrected chi connectivity index (χ1v) is 8.47. The van der Waals surface area contributed by atoms with Crippen LogP contribution in [0.3, 0.4) is 0 Å². The maximum absolute atomic E-state index is 12.4. The zero-order chi connectivity index (χ0) is 19.3. The molecule has 6 nitrogen and oxygen atoms in total. The minimum atomic E-state index is -2.87. The topological polar surface area (TPSA) is 67.9 Å². The van der Waals surface area contributed by atoms with Gasteiger partial charge in [0, 0.05) is 13.1 Å². The van der Waals surface area contributed by atoms with Gasteiger partial charge in [0.1, 0.15) is 17.4 Å². The molecule has 0 saturated carbocycles. The Morgan fingerprint density at radius 1 is 1.27 bits per heavy atom. The van der Waals surface area contributed by atoms with Crippen LogP contribution >= 0.6 is 0 Å². The number of hydrogen-bond acceptors (Lipinski definition) is 4. The molecule has 2 amide bonds. The van der Waals surface area contributed by atoms with Crippen molar-refractivity contribution < 1.29 is 27.8 Å². The lowest BCUT2D eigenvalue weighted by Gasteiger charge is -2.28. The molecule has 1 unspecified atom stereocenters. The molecule has 1 N–H and O–H groups in total. The van der Waals surface area contributed by atoms with Crippen LogP contribution in [0.5, 0.6) is 5.75 Å². The number of rotatable bonds is 5. The Morgan fingerprint density at radius 3 is 2.50 bits per heavy atom. The van der Waals surface area contributed by atoms with E-state index in [0.29, 0.717) is 13.0 Å². The van der Waals surface area contributed by atoms with Crippen molar-refractivity contribution in [2.24, 2.45) is 0 Å². The van der Waals surface area contributed by atoms with Crippen molar-refractivity contribution in [3.05, 3.63) is 29.8 Å². The van der Waals surface area contributed by atoms with E-state index in [1.54, 1.807) is 32.9 Å². The van der Waals surface area contributed by atoms with Gasteiger partial charge in [-0.3, -0.25) is 9.69 Å². The minimum absolute atomic E-state index is 0.0574. The van der Waals surface area contributed by atoms with Gasteiger partial charge in [0.25, 0.3) is 0 Å². The van der Waals surface area contributed by atoms with Crippen molar-refractivity contribution in [2.75, 3.05) is 6.54 Å². The van der Waals surface area contributed by atoms with Crippen LogP contribution in [-0.2, 0) is 16.1 Å². The average molecular weight is 370 g/mol. The van der Waals surface area contributed by atoms with Crippen molar-refractivity contribution >= 4 is 12.0 Å². The highest BCUT2D eigenvalue weighted by atomic mass is 19.3. The van der Waals surface area contributed by atoms with Gasteiger partial charge in [0.2, 0.25) is 5.91 Å². The first-order valence-electron chi connectivity index (χ1n) is 8.47. The number of nitrogens with one attached hydrogen (secondary N) is 1. The number of halogens is 2. The number of likely N-dealkylation sites (tertiary alicyclic amines) is 1. The van der Waals surface area contributed by atoms with Crippen molar-refractivity contribution in [3.8, 4) is 5.75 Å². The smallest absolute Gasteiger partial charge is 0.410 e. The molecule has 0 aromatic heterocycles. The van der Waals surface area contributed by atoms with E-state index >= 15 is 0 Å². The molecule has 8 heteroatoms. The molecule has 0 radical (unpaired) electrons. The second-order valence-corrected chi connectivity index (χ2v) is 7.07. The average Bonchev–Trinajstić information content (AvgIpc) is 3.01. The third kappa shape index (κ3) is 5.86. The third-order valence-electron chi connectivity index (χ3n) is 3.80. The maximum atomic E-state index is 12.4. The molecule has 0 aliphatic carbocycles. The fraction of sp³-hybridized carbons (Fsp3) is 0.556. The molecule has 1 aliphatic heterocycles. The van der Waals surface area contributed by atoms with Gasteiger partial charge in [-0.2, -0.15) is 8.78 Å². The van der Waals surface area contributed by atoms with Crippen LogP contribution in [0.2, 0.25) is 0 Å². The third-order valence-corrected chi connectivity index (χ3v) is 3.80. The van der Waals surface area contributed by atoms with Crippen LogP contribution in [0.1, 0.15) is 39.2 Å². The molecule has 1 fully saturated rings. The number of carbonyl (C=O) groups excluding carboxylic acids is 2. The predicted molar refractivity (Wildman–Crippen MR) is 90.9 cm³/mol. The van der Waals surface area contributed by atoms with E-state index in [1.165, 1.54) is 17.0 Å². The van der Waals surface area contributed by atoms with Crippen LogP contribution in [-0.4, -0.2) is 41.7 Å². The van der Waals surface area contributed by atoms with Gasteiger partial charge in [-0.15, -0.1) is 0 Å². The van der Waals surface area contributed by atoms with Crippen molar-refractivity contribution in [2.45, 2.75) is 58.4 Å². The zero-order valence-corrected chi connectivity index (χ0v) is 15.1. The Hall–Kier alpha value is -2.38. The van der Waals surface area contributed by atoms with Crippen molar-refractivity contribution in [1.29, 1.82) is 0 Å². The quantitative estimate of drug-likeness (QED) is 0.864. The summed E-state index contributed by atoms with van der Waals surface area (Å²) >= 11 is 0. The molecule has 1 aliphatic rings. The van der Waals surface area contributed by atoms with Gasteiger partial charge in [-0.1, -0.05) is 12.1 Å². The SMILES string of the molecule is CC(C)(C)OC(=O)N1CCCC1C(=O)NCc1ccc(OC(F)F)cc1. The standard InChI is InChI=1S/C18H24F2N2O4/c1-18(2,3)26-17(24)22-10-4-5-14(22)15(23)21-11-12-6-8-13(9-7-12)25-16(19)20/h6-9,14,16H,4-5,10-11H2,1-3H3,(H,21,23). The molecule has 1 aromatic carbocycles. The van der Waals surface area contributed by atoms with E-state index in [1.807, 2.05) is 0 Å². The highest BCUT2D eigenvalue weighted by Gasteiger charge is 2.36. The maximum Gasteiger partial charge on any atom is 0.410 e. The Morgan fingerprint density at radius 2 is 1.92 bits per heavy atom. The Balaban J connectivity index is 1.89. The van der Waals surface area contributed by atoms with Gasteiger partial charge < -0.3 is 14.8 Å². The molecule has 144 valence electrons. The molecular formula is C18H24F2N2O4. The highest BCUT2D eigenvalue weighted by Crippen LogP contribution is 2.21. The number of hydrogen-bond donors (Lipinski definition) is 1. The van der Waals surface area contributed by atoms with E-state index in [2.05, 4.69) is 10.1 Å². The lowest BCUT2D eigenvalue weighted by atomic mass is 10.2. The number of nitrogens with zero attached hydrogens (tertiary/aromatic N) is 1. The first-order chi connectivity index (χ1) is 12.2. The number of carbonyl (C=O) groups is 2. The summed E-state index contributed by atoms with van der Waals surface area (Å²) in [7, 11) is 0. The van der Waals surface area contributed by atoms with Crippen molar-refractivity contribution in [3.63, 3.8) is 0 Å². The summed E-state index contributed by atoms with van der Waals surface area (Å²) in [5.41, 5.74) is 0.115. The van der Waals surface area contributed by atoms with Crippen LogP contribution in [0.15, 0.2) is 24.3 Å². The number of amides is 2. The van der Waals surface area contributed by atoms with Gasteiger partial charge in [-0.25, -0.2) is 4.79 Å². The summed E-state index contributed by atoms with van der Waals surface area (Å²) in [6, 6.07) is 5.45. The second kappa shape index (κ2) is 8.33. The monoisotopic (exact) mass is 370 g/mol. The first kappa shape index (κ1) is 19.9. The molecule has 2 rings (SSSR count). The summed E-state index contributed by atoms with van der Waals surface area (Å²) in [4.78, 5) is 26.1. The Kier molecular flexibility index (Phi) is 6.39. The highest BCUT2D eigenvalue weighted by molar-refractivity contribution is 5.86. The van der Waals surface area contributed by atoms with Crippen LogP contribution in [0, 0.1) is 0 Å². The van der Waals surface area contributed by atoms with Gasteiger partial charge >= 0.3 is 12.7 Å². The van der Waals surface area contributed by atoms with Crippen LogP contribution < -0.4 is 10.1 Å². The van der Waals surface area contributed by atoms with E-state index in [9.17, 15) is 18.4 Å². The Bertz CT molecular complexity index is 629. The van der Waals surface area contributed by atoms with Crippen LogP contribution in [0.4, 0.5) is 13.6 Å². The summed E-state index contributed by atoms with van der Waals surface area (Å²) in [5, 5.41) is 2.77. The largest absolute Gasteiger partial charge is 0.444 e. The lowest BCUT2D eigenvalue weighted by molar-refractivity contribution is -0.125. The minimum Gasteiger partial charge on any atom is -0.444 e. The molecule has 1 heterocycles. The van der Waals surface area contributed by atoms with E-state index in [0.717, 1.165) is 12.0 Å². The molecule has 0 bridgehead atoms. The second-order valence-electron chi connectivity index (χ2n) is 7.07. The zero-order valence-electron chi connectivity index (χ0n) is 15.1. The van der Waals surface area contributed by atoms with E-state index < -0.39 is 24.3 Å². The lowest BCUT2D eigenvalue weighted by Crippen LogP contribution is -2.47. The number of benzene rings is 1. The Labute approximate surface area is 151 Å². The van der Waals surface area contributed by atoms with Crippen LogP contribution in [0.25, 0.3) is 0 Å². The normalized spacial score (nSPS) is 17.3. The summed E-state index contributed by atoms with van der Waals surface area (Å²) in [6.45, 7) is 3.16. The van der Waals surface area contributed by atoms with E-state index in [4.69, 9.17) is 4.74 Å². The molecule has 1 atom stereocenters. The van der Waals surface area contributed by atoms with Gasteiger partial charge in [-0.05, 0) is 51.3 Å². The summed E-state index contributed by atoms with van der Waals surface area (Å²) < 4.78 is 33.9. The molecule has 1 aromatic rings. The molecule has 26 heavy (non-hydrogen) atoms. The number of alkyl halides is 2. The fourth-order valence-corrected chi connectivity index (χ4v) is 2.67. The van der Waals surface area contributed by atoms with Gasteiger partial charge in [0.05, 0.1) is 0 Å². The predicted octanol–water partition coefficient (Wildman–Crippen LogP) is 3.30. The molecule has 1 saturated heterocycles. The summed E-state index contributed by atoms with van der Waals surface area (Å²) in [5.74, 6) is -0.205. The molecular weight excluding hydrogens is 346 g/mol.